The number of ether oxygens (including phenoxy) is 1. The maximum absolute atomic E-state index is 13.5. The largest absolute Gasteiger partial charge is 0.476 e. The molecule has 298 valence electrons. The number of carbonyl (C=O) groups excluding carboxylic acids is 3. The summed E-state index contributed by atoms with van der Waals surface area (Å²) in [5.74, 6) is -0.109. The van der Waals surface area contributed by atoms with Crippen molar-refractivity contribution in [3.63, 3.8) is 0 Å². The third-order valence-corrected chi connectivity index (χ3v) is 11.3. The number of phosphoric acid groups is 1. The summed E-state index contributed by atoms with van der Waals surface area (Å²) in [7, 11) is -4.02. The van der Waals surface area contributed by atoms with Crippen LogP contribution < -0.4 is 5.32 Å². The van der Waals surface area contributed by atoms with Crippen molar-refractivity contribution in [2.45, 2.75) is 98.4 Å². The minimum absolute atomic E-state index is 0.0444. The van der Waals surface area contributed by atoms with Gasteiger partial charge in [-0.05, 0) is 106 Å². The zero-order chi connectivity index (χ0) is 39.8. The molecule has 0 atom stereocenters. The first-order chi connectivity index (χ1) is 26.1. The molecule has 2 fully saturated rings. The van der Waals surface area contributed by atoms with Crippen LogP contribution in [0.1, 0.15) is 85.5 Å². The number of imide groups is 1. The van der Waals surface area contributed by atoms with Crippen molar-refractivity contribution < 1.29 is 37.3 Å². The van der Waals surface area contributed by atoms with E-state index in [0.29, 0.717) is 18.2 Å². The van der Waals surface area contributed by atoms with Crippen molar-refractivity contribution in [1.82, 2.24) is 24.8 Å². The summed E-state index contributed by atoms with van der Waals surface area (Å²) in [5, 5.41) is 6.90. The highest BCUT2D eigenvalue weighted by Crippen LogP contribution is 2.50. The Bertz CT molecular complexity index is 1840. The molecule has 55 heavy (non-hydrogen) atoms. The molecule has 1 saturated heterocycles. The number of thioether (sulfide) groups is 1. The van der Waals surface area contributed by atoms with Gasteiger partial charge in [0, 0.05) is 29.2 Å². The van der Waals surface area contributed by atoms with Gasteiger partial charge in [0.05, 0.1) is 41.7 Å². The smallest absolute Gasteiger partial charge is 0.444 e. The van der Waals surface area contributed by atoms with Gasteiger partial charge in [-0.1, -0.05) is 33.8 Å². The zero-order valence-corrected chi connectivity index (χ0v) is 35.0. The first-order valence-electron chi connectivity index (χ1n) is 18.4. The Kier molecular flexibility index (Phi) is 14.7. The number of anilines is 1. The fraction of sp³-hybridized carbons (Fsp3) is 0.526. The Balaban J connectivity index is 1.20. The standard InChI is InChI=1S/C38H51N6O8PS2/c1-25(2)21-49-53(48,50-22-26(3)4)51-24-44-34(45)33(55-37(44)47)19-29-15-17-39-35(42-29)41-28-11-13-31(14-12-28)43(36(46)52-38(5,6)7)20-30-9-8-10-32(40-30)27-16-18-54-23-27/h8-10,15-19,23,25-26,28,31H,11-14,20-22,24H2,1-7H3,(H,39,41,42)/b33-19-. The van der Waals surface area contributed by atoms with Gasteiger partial charge in [-0.3, -0.25) is 33.0 Å². The highest BCUT2D eigenvalue weighted by molar-refractivity contribution is 8.18. The third kappa shape index (κ3) is 12.7. The van der Waals surface area contributed by atoms with E-state index in [2.05, 4.69) is 20.7 Å². The number of amides is 3. The Labute approximate surface area is 331 Å². The molecular formula is C38H51N6O8PS2. The maximum atomic E-state index is 13.5. The van der Waals surface area contributed by atoms with Crippen molar-refractivity contribution in [3.05, 3.63) is 63.6 Å². The number of nitrogens with zero attached hydrogens (tertiary/aromatic N) is 5. The SMILES string of the molecule is CC(C)COP(=O)(OCC(C)C)OCN1C(=O)S/C(=C\c2ccnc(NC3CCC(N(Cc4cccc(-c5ccsc5)n4)C(=O)OC(C)(C)C)CC3)n2)C1=O. The minimum atomic E-state index is -4.02. The van der Waals surface area contributed by atoms with Crippen LogP contribution in [0.4, 0.5) is 15.5 Å². The molecule has 2 aliphatic rings. The molecule has 14 nitrogen and oxygen atoms in total. The van der Waals surface area contributed by atoms with Crippen molar-refractivity contribution >= 4 is 60.2 Å². The fourth-order valence-corrected chi connectivity index (χ4v) is 8.58. The number of aromatic nitrogens is 3. The predicted octanol–water partition coefficient (Wildman–Crippen LogP) is 9.22. The molecular weight excluding hydrogens is 764 g/mol. The van der Waals surface area contributed by atoms with Crippen LogP contribution in [0.15, 0.2) is 52.2 Å². The lowest BCUT2D eigenvalue weighted by molar-refractivity contribution is -0.125. The van der Waals surface area contributed by atoms with E-state index in [0.717, 1.165) is 59.3 Å². The number of rotatable bonds is 16. The molecule has 0 unspecified atom stereocenters. The number of carbonyl (C=O) groups is 3. The Morgan fingerprint density at radius 2 is 1.73 bits per heavy atom. The van der Waals surface area contributed by atoms with Crippen LogP contribution >= 0.6 is 30.9 Å². The summed E-state index contributed by atoms with van der Waals surface area (Å²) in [6.45, 7) is 13.1. The van der Waals surface area contributed by atoms with Crippen LogP contribution in [0, 0.1) is 11.8 Å². The molecule has 17 heteroatoms. The van der Waals surface area contributed by atoms with Crippen molar-refractivity contribution in [2.75, 3.05) is 25.3 Å². The van der Waals surface area contributed by atoms with Crippen molar-refractivity contribution in [1.29, 1.82) is 0 Å². The molecule has 3 aromatic heterocycles. The average Bonchev–Trinajstić information content (AvgIpc) is 3.76. The van der Waals surface area contributed by atoms with Crippen LogP contribution in [0.5, 0.6) is 0 Å². The molecule has 1 aliphatic carbocycles. The number of thiophene rings is 1. The summed E-state index contributed by atoms with van der Waals surface area (Å²) in [5.41, 5.74) is 2.48. The first-order valence-corrected chi connectivity index (χ1v) is 21.7. The van der Waals surface area contributed by atoms with Gasteiger partial charge in [0.15, 0.2) is 0 Å². The molecule has 5 rings (SSSR count). The zero-order valence-electron chi connectivity index (χ0n) is 32.4. The van der Waals surface area contributed by atoms with E-state index in [1.54, 1.807) is 28.5 Å². The topological polar surface area (TPSA) is 162 Å². The summed E-state index contributed by atoms with van der Waals surface area (Å²) in [6, 6.07) is 9.53. The second-order valence-corrected chi connectivity index (χ2v) is 18.7. The van der Waals surface area contributed by atoms with Gasteiger partial charge in [0.25, 0.3) is 11.1 Å². The number of hydrogen-bond acceptors (Lipinski definition) is 14. The summed E-state index contributed by atoms with van der Waals surface area (Å²) >= 11 is 2.35. The van der Waals surface area contributed by atoms with Gasteiger partial charge in [-0.15, -0.1) is 0 Å². The molecule has 0 spiro atoms. The predicted molar refractivity (Wildman–Crippen MR) is 214 cm³/mol. The third-order valence-electron chi connectivity index (χ3n) is 8.36. The maximum Gasteiger partial charge on any atom is 0.476 e. The van der Waals surface area contributed by atoms with Crippen LogP contribution in [0.3, 0.4) is 0 Å². The van der Waals surface area contributed by atoms with Crippen LogP contribution in [-0.4, -0.2) is 79.6 Å². The molecule has 3 aromatic rings. The van der Waals surface area contributed by atoms with Gasteiger partial charge < -0.3 is 10.1 Å². The average molecular weight is 815 g/mol. The van der Waals surface area contributed by atoms with E-state index in [-0.39, 0.29) is 48.1 Å². The lowest BCUT2D eigenvalue weighted by atomic mass is 9.90. The molecule has 1 N–H and O–H groups in total. The second kappa shape index (κ2) is 19.0. The molecule has 0 bridgehead atoms. The summed E-state index contributed by atoms with van der Waals surface area (Å²) in [6.07, 6.45) is 5.69. The summed E-state index contributed by atoms with van der Waals surface area (Å²) < 4.78 is 35.4. The van der Waals surface area contributed by atoms with Crippen molar-refractivity contribution in [3.8, 4) is 11.3 Å². The Morgan fingerprint density at radius 3 is 2.36 bits per heavy atom. The van der Waals surface area contributed by atoms with E-state index in [1.165, 1.54) is 6.08 Å². The Hall–Kier alpha value is -3.66. The molecule has 1 aliphatic heterocycles. The van der Waals surface area contributed by atoms with E-state index in [9.17, 15) is 18.9 Å². The van der Waals surface area contributed by atoms with E-state index in [1.807, 2.05) is 78.1 Å². The first kappa shape index (κ1) is 42.5. The van der Waals surface area contributed by atoms with E-state index >= 15 is 0 Å². The van der Waals surface area contributed by atoms with Crippen LogP contribution in [-0.2, 0) is 34.2 Å². The van der Waals surface area contributed by atoms with Gasteiger partial charge in [-0.25, -0.2) is 24.2 Å². The van der Waals surface area contributed by atoms with Crippen LogP contribution in [0.2, 0.25) is 0 Å². The monoisotopic (exact) mass is 814 g/mol. The molecule has 0 radical (unpaired) electrons. The highest BCUT2D eigenvalue weighted by atomic mass is 32.2. The normalized spacial score (nSPS) is 18.8. The van der Waals surface area contributed by atoms with E-state index in [4.69, 9.17) is 23.3 Å². The Morgan fingerprint density at radius 1 is 1.02 bits per heavy atom. The van der Waals surface area contributed by atoms with Gasteiger partial charge in [0.1, 0.15) is 12.3 Å². The van der Waals surface area contributed by atoms with Crippen molar-refractivity contribution in [2.24, 2.45) is 11.8 Å². The van der Waals surface area contributed by atoms with Gasteiger partial charge >= 0.3 is 13.9 Å². The molecule has 3 amide bonds. The molecule has 4 heterocycles. The number of phosphoric ester groups is 1. The lowest BCUT2D eigenvalue weighted by Gasteiger charge is -2.37. The molecule has 0 aromatic carbocycles. The second-order valence-electron chi connectivity index (χ2n) is 15.3. The number of nitrogens with one attached hydrogen (secondary N) is 1. The molecule has 1 saturated carbocycles. The van der Waals surface area contributed by atoms with Gasteiger partial charge in [0.2, 0.25) is 5.95 Å². The van der Waals surface area contributed by atoms with Gasteiger partial charge in [-0.2, -0.15) is 11.3 Å². The lowest BCUT2D eigenvalue weighted by Crippen LogP contribution is -2.45. The number of pyridine rings is 1. The van der Waals surface area contributed by atoms with Crippen LogP contribution in [0.25, 0.3) is 17.3 Å². The quantitative estimate of drug-likeness (QED) is 0.108. The van der Waals surface area contributed by atoms with E-state index < -0.39 is 31.3 Å². The minimum Gasteiger partial charge on any atom is -0.444 e. The fourth-order valence-electron chi connectivity index (χ4n) is 5.68. The number of hydrogen-bond donors (Lipinski definition) is 1. The summed E-state index contributed by atoms with van der Waals surface area (Å²) in [4.78, 5) is 56.2. The highest BCUT2D eigenvalue weighted by Gasteiger charge is 2.39.